The van der Waals surface area contributed by atoms with Crippen molar-refractivity contribution in [2.45, 2.75) is 12.4 Å². The van der Waals surface area contributed by atoms with Gasteiger partial charge in [-0.2, -0.15) is 26.3 Å². The molecule has 2 aromatic carbocycles. The van der Waals surface area contributed by atoms with E-state index in [4.69, 9.17) is 11.6 Å². The number of aromatic nitrogens is 1. The molecule has 1 aromatic heterocycles. The highest BCUT2D eigenvalue weighted by molar-refractivity contribution is 6.35. The average Bonchev–Trinajstić information content (AvgIpc) is 2.90. The minimum atomic E-state index is -4.90. The lowest BCUT2D eigenvalue weighted by molar-refractivity contribution is -0.143. The second kappa shape index (κ2) is 5.87. The lowest BCUT2D eigenvalue weighted by Gasteiger charge is -2.16. The van der Waals surface area contributed by atoms with Gasteiger partial charge in [0.25, 0.3) is 0 Å². The largest absolute Gasteiger partial charge is 0.416 e. The normalized spacial score (nSPS) is 12.6. The van der Waals surface area contributed by atoms with Crippen molar-refractivity contribution in [1.29, 1.82) is 0 Å². The summed E-state index contributed by atoms with van der Waals surface area (Å²) in [6.07, 6.45) is -8.34. The highest BCUT2D eigenvalue weighted by Gasteiger charge is 2.37. The zero-order valence-corrected chi connectivity index (χ0v) is 13.0. The summed E-state index contributed by atoms with van der Waals surface area (Å²) < 4.78 is 78.7. The van der Waals surface area contributed by atoms with Crippen LogP contribution in [-0.2, 0) is 12.4 Å². The van der Waals surface area contributed by atoms with Gasteiger partial charge in [-0.05, 0) is 36.4 Å². The van der Waals surface area contributed by atoms with E-state index in [0.717, 1.165) is 0 Å². The number of hydrogen-bond acceptors (Lipinski definition) is 1. The minimum Gasteiger partial charge on any atom is -0.294 e. The fourth-order valence-corrected chi connectivity index (χ4v) is 2.62. The van der Waals surface area contributed by atoms with E-state index in [0.29, 0.717) is 28.1 Å². The van der Waals surface area contributed by atoms with Crippen molar-refractivity contribution in [3.05, 3.63) is 64.8 Å². The van der Waals surface area contributed by atoms with Crippen molar-refractivity contribution in [2.24, 2.45) is 0 Å². The molecule has 0 bridgehead atoms. The molecule has 3 rings (SSSR count). The van der Waals surface area contributed by atoms with Crippen LogP contribution in [0.25, 0.3) is 10.9 Å². The Morgan fingerprint density at radius 3 is 2.00 bits per heavy atom. The van der Waals surface area contributed by atoms with E-state index in [1.165, 1.54) is 10.9 Å². The van der Waals surface area contributed by atoms with E-state index in [-0.39, 0.29) is 11.8 Å². The Balaban J connectivity index is 2.08. The molecule has 0 saturated carbocycles. The first kappa shape index (κ1) is 17.5. The van der Waals surface area contributed by atoms with Gasteiger partial charge in [-0.1, -0.05) is 17.7 Å². The van der Waals surface area contributed by atoms with E-state index < -0.39 is 23.5 Å². The lowest BCUT2D eigenvalue weighted by atomic mass is 10.1. The van der Waals surface area contributed by atoms with Crippen LogP contribution in [0.15, 0.2) is 48.7 Å². The van der Waals surface area contributed by atoms with Crippen molar-refractivity contribution >= 4 is 28.2 Å². The summed E-state index contributed by atoms with van der Waals surface area (Å²) >= 11 is 6.00. The van der Waals surface area contributed by atoms with Gasteiger partial charge in [0.15, 0.2) is 0 Å². The van der Waals surface area contributed by atoms with Gasteiger partial charge in [0.05, 0.1) is 27.4 Å². The molecule has 25 heavy (non-hydrogen) atoms. The summed E-state index contributed by atoms with van der Waals surface area (Å²) in [5.74, 6) is 0. The molecule has 0 aliphatic rings. The molecule has 2 nitrogen and oxygen atoms in total. The molecule has 0 aliphatic heterocycles. The van der Waals surface area contributed by atoms with Crippen molar-refractivity contribution < 1.29 is 26.3 Å². The van der Waals surface area contributed by atoms with Crippen LogP contribution in [0.3, 0.4) is 0 Å². The van der Waals surface area contributed by atoms with E-state index in [9.17, 15) is 26.3 Å². The summed E-state index contributed by atoms with van der Waals surface area (Å²) in [6, 6.07) is 7.79. The molecule has 0 fully saturated rings. The van der Waals surface area contributed by atoms with Gasteiger partial charge in [0.2, 0.25) is 0 Å². The van der Waals surface area contributed by atoms with Crippen LogP contribution >= 0.6 is 11.6 Å². The predicted molar refractivity (Wildman–Crippen MR) is 82.4 cm³/mol. The third-order valence-corrected chi connectivity index (χ3v) is 3.85. The highest BCUT2D eigenvalue weighted by atomic mass is 35.5. The number of nitrogens with one attached hydrogen (secondary N) is 1. The van der Waals surface area contributed by atoms with Gasteiger partial charge < -0.3 is 0 Å². The maximum absolute atomic E-state index is 12.9. The fourth-order valence-electron chi connectivity index (χ4n) is 2.39. The number of halogens is 7. The van der Waals surface area contributed by atoms with Crippen molar-refractivity contribution in [3.8, 4) is 0 Å². The summed E-state index contributed by atoms with van der Waals surface area (Å²) in [5.41, 5.74) is -0.0770. The second-order valence-corrected chi connectivity index (χ2v) is 5.67. The van der Waals surface area contributed by atoms with E-state index in [1.54, 1.807) is 24.3 Å². The molecule has 9 heteroatoms. The van der Waals surface area contributed by atoms with Gasteiger partial charge in [-0.25, -0.2) is 0 Å². The van der Waals surface area contributed by atoms with Gasteiger partial charge >= 0.3 is 12.4 Å². The molecule has 132 valence electrons. The van der Waals surface area contributed by atoms with Crippen LogP contribution in [-0.4, -0.2) is 4.68 Å². The third-order valence-electron chi connectivity index (χ3n) is 3.52. The Kier molecular flexibility index (Phi) is 4.10. The molecule has 1 heterocycles. The molecule has 0 unspecified atom stereocenters. The molecule has 3 aromatic rings. The molecule has 0 saturated heterocycles. The second-order valence-electron chi connectivity index (χ2n) is 5.26. The lowest BCUT2D eigenvalue weighted by Crippen LogP contribution is -2.14. The van der Waals surface area contributed by atoms with Crippen LogP contribution < -0.4 is 5.43 Å². The Labute approximate surface area is 142 Å². The number of anilines is 1. The quantitative estimate of drug-likeness (QED) is 0.525. The maximum atomic E-state index is 12.9. The minimum absolute atomic E-state index is 0.0792. The Bertz CT molecular complexity index is 894. The SMILES string of the molecule is FC(F)(F)c1cc(Nn2ccc3c(Cl)cccc32)cc(C(F)(F)F)c1. The molecule has 1 N–H and O–H groups in total. The molecular formula is C16H9ClF6N2. The maximum Gasteiger partial charge on any atom is 0.416 e. The number of alkyl halides is 6. The summed E-state index contributed by atoms with van der Waals surface area (Å²) in [7, 11) is 0. The van der Waals surface area contributed by atoms with Crippen LogP contribution in [0, 0.1) is 0 Å². The summed E-state index contributed by atoms with van der Waals surface area (Å²) in [5, 5.41) is 1.03. The van der Waals surface area contributed by atoms with Gasteiger partial charge in [-0.3, -0.25) is 10.1 Å². The number of benzene rings is 2. The first-order chi connectivity index (χ1) is 11.6. The smallest absolute Gasteiger partial charge is 0.294 e. The number of fused-ring (bicyclic) bond motifs is 1. The van der Waals surface area contributed by atoms with Gasteiger partial charge in [-0.15, -0.1) is 0 Å². The van der Waals surface area contributed by atoms with E-state index >= 15 is 0 Å². The number of hydrogen-bond donors (Lipinski definition) is 1. The number of rotatable bonds is 2. The number of nitrogens with zero attached hydrogens (tertiary/aromatic N) is 1. The molecule has 0 radical (unpaired) electrons. The Hall–Kier alpha value is -2.35. The van der Waals surface area contributed by atoms with Crippen LogP contribution in [0.1, 0.15) is 11.1 Å². The first-order valence-corrected chi connectivity index (χ1v) is 7.25. The average molecular weight is 379 g/mol. The monoisotopic (exact) mass is 378 g/mol. The third kappa shape index (κ3) is 3.53. The van der Waals surface area contributed by atoms with Crippen LogP contribution in [0.4, 0.5) is 32.0 Å². The van der Waals surface area contributed by atoms with Crippen molar-refractivity contribution in [3.63, 3.8) is 0 Å². The Morgan fingerprint density at radius 1 is 0.840 bits per heavy atom. The van der Waals surface area contributed by atoms with E-state index in [1.807, 2.05) is 0 Å². The zero-order valence-electron chi connectivity index (χ0n) is 12.2. The topological polar surface area (TPSA) is 17.0 Å². The predicted octanol–water partition coefficient (Wildman–Crippen LogP) is 6.21. The molecule has 0 atom stereocenters. The zero-order chi connectivity index (χ0) is 18.4. The van der Waals surface area contributed by atoms with Gasteiger partial charge in [0.1, 0.15) is 0 Å². The van der Waals surface area contributed by atoms with Crippen molar-refractivity contribution in [1.82, 2.24) is 4.68 Å². The highest BCUT2D eigenvalue weighted by Crippen LogP contribution is 2.37. The molecule has 0 amide bonds. The molecular weight excluding hydrogens is 370 g/mol. The first-order valence-electron chi connectivity index (χ1n) is 6.88. The summed E-state index contributed by atoms with van der Waals surface area (Å²) in [4.78, 5) is 0. The summed E-state index contributed by atoms with van der Waals surface area (Å²) in [6.45, 7) is 0. The standard InChI is InChI=1S/C16H9ClF6N2/c17-13-2-1-3-14-12(13)4-5-25(14)24-11-7-9(15(18,19)20)6-10(8-11)16(21,22)23/h1-8,24H. The van der Waals surface area contributed by atoms with Crippen LogP contribution in [0.2, 0.25) is 5.02 Å². The van der Waals surface area contributed by atoms with E-state index in [2.05, 4.69) is 5.43 Å². The molecule has 0 aliphatic carbocycles. The van der Waals surface area contributed by atoms with Crippen LogP contribution in [0.5, 0.6) is 0 Å². The molecule has 0 spiro atoms. The van der Waals surface area contributed by atoms with Gasteiger partial charge in [0, 0.05) is 11.6 Å². The fraction of sp³-hybridized carbons (Fsp3) is 0.125. The Morgan fingerprint density at radius 2 is 1.44 bits per heavy atom. The van der Waals surface area contributed by atoms with Crippen molar-refractivity contribution in [2.75, 3.05) is 5.43 Å².